The van der Waals surface area contributed by atoms with E-state index >= 15 is 0 Å². The summed E-state index contributed by atoms with van der Waals surface area (Å²) < 4.78 is 6.62. The van der Waals surface area contributed by atoms with E-state index in [4.69, 9.17) is 9.84 Å². The molecule has 8 heteroatoms. The maximum atomic E-state index is 11.8. The van der Waals surface area contributed by atoms with Crippen molar-refractivity contribution in [2.75, 3.05) is 25.1 Å². The third-order valence-corrected chi connectivity index (χ3v) is 4.24. The maximum absolute atomic E-state index is 11.8. The molecule has 128 valence electrons. The SMILES string of the molecule is COC(=O)c1cc(C)nc(N2CCC(n3cc(CO)nn3)CC2)c1. The van der Waals surface area contributed by atoms with E-state index in [1.165, 1.54) is 7.11 Å². The van der Waals surface area contributed by atoms with Crippen LogP contribution in [-0.4, -0.2) is 51.3 Å². The number of anilines is 1. The number of piperidine rings is 1. The molecular weight excluding hydrogens is 310 g/mol. The molecule has 3 heterocycles. The Morgan fingerprint density at radius 2 is 2.12 bits per heavy atom. The van der Waals surface area contributed by atoms with Gasteiger partial charge in [-0.15, -0.1) is 5.10 Å². The zero-order chi connectivity index (χ0) is 17.1. The summed E-state index contributed by atoms with van der Waals surface area (Å²) in [5.74, 6) is 0.444. The molecule has 2 aromatic heterocycles. The predicted octanol–water partition coefficient (Wildman–Crippen LogP) is 1.10. The minimum absolute atomic E-state index is 0.0949. The van der Waals surface area contributed by atoms with E-state index in [-0.39, 0.29) is 18.6 Å². The van der Waals surface area contributed by atoms with Gasteiger partial charge in [0.2, 0.25) is 0 Å². The summed E-state index contributed by atoms with van der Waals surface area (Å²) in [4.78, 5) is 18.5. The van der Waals surface area contributed by atoms with Crippen molar-refractivity contribution in [2.45, 2.75) is 32.4 Å². The molecule has 0 spiro atoms. The second-order valence-electron chi connectivity index (χ2n) is 5.91. The molecule has 0 aromatic carbocycles. The van der Waals surface area contributed by atoms with Crippen LogP contribution in [-0.2, 0) is 11.3 Å². The molecule has 8 nitrogen and oxygen atoms in total. The zero-order valence-corrected chi connectivity index (χ0v) is 13.8. The van der Waals surface area contributed by atoms with E-state index in [9.17, 15) is 4.79 Å². The van der Waals surface area contributed by atoms with Crippen LogP contribution in [0.15, 0.2) is 18.3 Å². The fraction of sp³-hybridized carbons (Fsp3) is 0.500. The first-order chi connectivity index (χ1) is 11.6. The molecule has 0 bridgehead atoms. The highest BCUT2D eigenvalue weighted by molar-refractivity contribution is 5.90. The minimum atomic E-state index is -0.351. The van der Waals surface area contributed by atoms with Gasteiger partial charge in [-0.3, -0.25) is 0 Å². The summed E-state index contributed by atoms with van der Waals surface area (Å²) in [5, 5.41) is 17.1. The average molecular weight is 331 g/mol. The van der Waals surface area contributed by atoms with Crippen LogP contribution in [0.4, 0.5) is 5.82 Å². The Kier molecular flexibility index (Phi) is 4.75. The van der Waals surface area contributed by atoms with Gasteiger partial charge in [0.05, 0.1) is 31.5 Å². The Morgan fingerprint density at radius 3 is 2.75 bits per heavy atom. The Balaban J connectivity index is 1.70. The average Bonchev–Trinajstić information content (AvgIpc) is 3.10. The number of hydrogen-bond acceptors (Lipinski definition) is 7. The molecule has 1 aliphatic heterocycles. The van der Waals surface area contributed by atoms with Gasteiger partial charge in [-0.25, -0.2) is 14.5 Å². The molecule has 3 rings (SSSR count). The first kappa shape index (κ1) is 16.4. The molecule has 24 heavy (non-hydrogen) atoms. The number of esters is 1. The highest BCUT2D eigenvalue weighted by Crippen LogP contribution is 2.26. The molecule has 0 atom stereocenters. The summed E-state index contributed by atoms with van der Waals surface area (Å²) in [7, 11) is 1.38. The Hall–Kier alpha value is -2.48. The first-order valence-corrected chi connectivity index (χ1v) is 7.94. The smallest absolute Gasteiger partial charge is 0.338 e. The van der Waals surface area contributed by atoms with Gasteiger partial charge in [0.25, 0.3) is 0 Å². The number of pyridine rings is 1. The van der Waals surface area contributed by atoms with Gasteiger partial charge in [0.1, 0.15) is 11.5 Å². The Labute approximate surface area is 140 Å². The van der Waals surface area contributed by atoms with Gasteiger partial charge < -0.3 is 14.7 Å². The zero-order valence-electron chi connectivity index (χ0n) is 13.8. The van der Waals surface area contributed by atoms with E-state index < -0.39 is 0 Å². The number of carbonyl (C=O) groups excluding carboxylic acids is 1. The topological polar surface area (TPSA) is 93.4 Å². The number of methoxy groups -OCH3 is 1. The van der Waals surface area contributed by atoms with Crippen LogP contribution in [0.1, 0.15) is 40.6 Å². The van der Waals surface area contributed by atoms with Crippen molar-refractivity contribution >= 4 is 11.8 Å². The van der Waals surface area contributed by atoms with E-state index in [1.807, 2.05) is 11.6 Å². The molecular formula is C16H21N5O3. The van der Waals surface area contributed by atoms with Crippen LogP contribution in [0.5, 0.6) is 0 Å². The number of aliphatic hydroxyl groups excluding tert-OH is 1. The summed E-state index contributed by atoms with van der Waals surface area (Å²) in [6.45, 7) is 3.41. The van der Waals surface area contributed by atoms with Gasteiger partial charge in [-0.1, -0.05) is 5.21 Å². The van der Waals surface area contributed by atoms with Crippen LogP contribution in [0.3, 0.4) is 0 Å². The number of nitrogens with zero attached hydrogens (tertiary/aromatic N) is 5. The highest BCUT2D eigenvalue weighted by atomic mass is 16.5. The molecule has 1 fully saturated rings. The maximum Gasteiger partial charge on any atom is 0.338 e. The fourth-order valence-corrected chi connectivity index (χ4v) is 2.97. The Bertz CT molecular complexity index is 722. The minimum Gasteiger partial charge on any atom is -0.465 e. The number of aliphatic hydroxyl groups is 1. The highest BCUT2D eigenvalue weighted by Gasteiger charge is 2.23. The molecule has 1 aliphatic rings. The predicted molar refractivity (Wildman–Crippen MR) is 86.7 cm³/mol. The van der Waals surface area contributed by atoms with E-state index in [2.05, 4.69) is 20.2 Å². The third kappa shape index (κ3) is 3.38. The molecule has 2 aromatic rings. The van der Waals surface area contributed by atoms with E-state index in [1.54, 1.807) is 18.3 Å². The van der Waals surface area contributed by atoms with Gasteiger partial charge >= 0.3 is 5.97 Å². The summed E-state index contributed by atoms with van der Waals surface area (Å²) in [5.41, 5.74) is 1.89. The van der Waals surface area contributed by atoms with Crippen LogP contribution in [0.2, 0.25) is 0 Å². The van der Waals surface area contributed by atoms with E-state index in [0.29, 0.717) is 11.3 Å². The van der Waals surface area contributed by atoms with Gasteiger partial charge in [0.15, 0.2) is 0 Å². The summed E-state index contributed by atoms with van der Waals surface area (Å²) >= 11 is 0. The van der Waals surface area contributed by atoms with Crippen molar-refractivity contribution in [3.63, 3.8) is 0 Å². The second-order valence-corrected chi connectivity index (χ2v) is 5.91. The third-order valence-electron chi connectivity index (χ3n) is 4.24. The van der Waals surface area contributed by atoms with Crippen LogP contribution in [0, 0.1) is 6.92 Å². The number of hydrogen-bond donors (Lipinski definition) is 1. The van der Waals surface area contributed by atoms with Gasteiger partial charge in [-0.2, -0.15) is 0 Å². The van der Waals surface area contributed by atoms with E-state index in [0.717, 1.165) is 37.4 Å². The molecule has 0 amide bonds. The van der Waals surface area contributed by atoms with Crippen LogP contribution < -0.4 is 4.90 Å². The molecule has 1 saturated heterocycles. The molecule has 0 unspecified atom stereocenters. The molecule has 0 radical (unpaired) electrons. The normalized spacial score (nSPS) is 15.5. The van der Waals surface area contributed by atoms with Crippen molar-refractivity contribution in [3.8, 4) is 0 Å². The number of aryl methyl sites for hydroxylation is 1. The number of carbonyl (C=O) groups is 1. The van der Waals surface area contributed by atoms with Gasteiger partial charge in [-0.05, 0) is 31.9 Å². The van der Waals surface area contributed by atoms with Crippen molar-refractivity contribution in [1.29, 1.82) is 0 Å². The van der Waals surface area contributed by atoms with Crippen molar-refractivity contribution < 1.29 is 14.6 Å². The van der Waals surface area contributed by atoms with Crippen molar-refractivity contribution in [2.24, 2.45) is 0 Å². The quantitative estimate of drug-likeness (QED) is 0.839. The van der Waals surface area contributed by atoms with Crippen molar-refractivity contribution in [3.05, 3.63) is 35.3 Å². The molecule has 0 saturated carbocycles. The molecule has 1 N–H and O–H groups in total. The van der Waals surface area contributed by atoms with Crippen LogP contribution in [0.25, 0.3) is 0 Å². The molecule has 0 aliphatic carbocycles. The first-order valence-electron chi connectivity index (χ1n) is 7.94. The number of aromatic nitrogens is 4. The number of rotatable bonds is 4. The monoisotopic (exact) mass is 331 g/mol. The Morgan fingerprint density at radius 1 is 1.38 bits per heavy atom. The van der Waals surface area contributed by atoms with Crippen molar-refractivity contribution in [1.82, 2.24) is 20.0 Å². The standard InChI is InChI=1S/C16H21N5O3/c1-11-7-12(16(23)24-2)8-15(17-11)20-5-3-14(4-6-20)21-9-13(10-22)18-19-21/h7-9,14,22H,3-6,10H2,1-2H3. The lowest BCUT2D eigenvalue weighted by Gasteiger charge is -2.32. The second kappa shape index (κ2) is 6.96. The summed E-state index contributed by atoms with van der Waals surface area (Å²) in [6, 6.07) is 3.77. The summed E-state index contributed by atoms with van der Waals surface area (Å²) in [6.07, 6.45) is 3.59. The van der Waals surface area contributed by atoms with Crippen LogP contribution >= 0.6 is 0 Å². The lowest BCUT2D eigenvalue weighted by molar-refractivity contribution is 0.0600. The largest absolute Gasteiger partial charge is 0.465 e. The lowest BCUT2D eigenvalue weighted by Crippen LogP contribution is -2.35. The fourth-order valence-electron chi connectivity index (χ4n) is 2.97. The van der Waals surface area contributed by atoms with Gasteiger partial charge in [0, 0.05) is 18.8 Å². The lowest BCUT2D eigenvalue weighted by atomic mass is 10.0. The number of ether oxygens (including phenoxy) is 1.